The molecule has 2 heterocycles. The average molecular weight is 275 g/mol. The molecule has 1 aliphatic rings. The Bertz CT molecular complexity index is 540. The first kappa shape index (κ1) is 14.8. The smallest absolute Gasteiger partial charge is 0.139 e. The molecule has 1 fully saturated rings. The third kappa shape index (κ3) is 3.50. The summed E-state index contributed by atoms with van der Waals surface area (Å²) in [5.74, 6) is 6.10. The third-order valence-electron chi connectivity index (χ3n) is 3.29. The number of pyridine rings is 1. The number of ether oxygens (including phenoxy) is 2. The van der Waals surface area contributed by atoms with Crippen molar-refractivity contribution < 1.29 is 14.6 Å². The van der Waals surface area contributed by atoms with Crippen LogP contribution in [-0.4, -0.2) is 34.0 Å². The summed E-state index contributed by atoms with van der Waals surface area (Å²) in [4.78, 5) is 4.11. The minimum atomic E-state index is -0.337. The second-order valence-electron chi connectivity index (χ2n) is 6.15. The number of hydrogen-bond donors (Lipinski definition) is 1. The van der Waals surface area contributed by atoms with E-state index >= 15 is 0 Å². The second kappa shape index (κ2) is 5.43. The molecule has 0 saturated carbocycles. The van der Waals surface area contributed by atoms with E-state index in [9.17, 15) is 0 Å². The third-order valence-corrected chi connectivity index (χ3v) is 3.29. The fourth-order valence-corrected chi connectivity index (χ4v) is 2.55. The van der Waals surface area contributed by atoms with Crippen LogP contribution in [-0.2, 0) is 4.74 Å². The van der Waals surface area contributed by atoms with Crippen LogP contribution in [0.2, 0.25) is 0 Å². The molecular weight excluding hydrogens is 254 g/mol. The van der Waals surface area contributed by atoms with Crippen LogP contribution in [0.4, 0.5) is 0 Å². The lowest BCUT2D eigenvalue weighted by Gasteiger charge is -2.27. The van der Waals surface area contributed by atoms with E-state index in [1.54, 1.807) is 12.4 Å². The van der Waals surface area contributed by atoms with Crippen LogP contribution in [0.3, 0.4) is 0 Å². The standard InChI is InChI=1S/C16H21NO3/c1-15(2)9-14(16(3,4)20-15)19-13-8-12(6-5-7-18)10-17-11-13/h8,10-11,14,18H,7,9H2,1-4H3. The Kier molecular flexibility index (Phi) is 4.03. The number of nitrogens with zero attached hydrogens (tertiary/aromatic N) is 1. The molecule has 0 spiro atoms. The molecule has 0 bridgehead atoms. The van der Waals surface area contributed by atoms with Crippen LogP contribution < -0.4 is 4.74 Å². The first-order chi connectivity index (χ1) is 9.32. The Hall–Kier alpha value is -1.57. The lowest BCUT2D eigenvalue weighted by Crippen LogP contribution is -2.36. The van der Waals surface area contributed by atoms with E-state index in [0.29, 0.717) is 5.75 Å². The van der Waals surface area contributed by atoms with Crippen LogP contribution in [0.15, 0.2) is 18.5 Å². The maximum Gasteiger partial charge on any atom is 0.139 e. The topological polar surface area (TPSA) is 51.6 Å². The van der Waals surface area contributed by atoms with Gasteiger partial charge in [-0.15, -0.1) is 0 Å². The molecular formula is C16H21NO3. The summed E-state index contributed by atoms with van der Waals surface area (Å²) in [7, 11) is 0. The molecule has 2 rings (SSSR count). The number of hydrogen-bond acceptors (Lipinski definition) is 4. The van der Waals surface area contributed by atoms with E-state index in [1.807, 2.05) is 19.9 Å². The van der Waals surface area contributed by atoms with Gasteiger partial charge in [-0.25, -0.2) is 0 Å². The lowest BCUT2D eigenvalue weighted by atomic mass is 9.97. The highest BCUT2D eigenvalue weighted by Gasteiger charge is 2.47. The quantitative estimate of drug-likeness (QED) is 0.840. The highest BCUT2D eigenvalue weighted by molar-refractivity contribution is 5.37. The van der Waals surface area contributed by atoms with Gasteiger partial charge in [0.1, 0.15) is 24.1 Å². The van der Waals surface area contributed by atoms with E-state index in [-0.39, 0.29) is 23.9 Å². The Morgan fingerprint density at radius 1 is 1.40 bits per heavy atom. The fourth-order valence-electron chi connectivity index (χ4n) is 2.55. The van der Waals surface area contributed by atoms with Crippen molar-refractivity contribution in [1.82, 2.24) is 4.98 Å². The summed E-state index contributed by atoms with van der Waals surface area (Å²) in [5, 5.41) is 8.71. The monoisotopic (exact) mass is 275 g/mol. The predicted molar refractivity (Wildman–Crippen MR) is 76.5 cm³/mol. The van der Waals surface area contributed by atoms with Gasteiger partial charge in [0, 0.05) is 18.2 Å². The molecule has 4 heteroatoms. The molecule has 20 heavy (non-hydrogen) atoms. The SMILES string of the molecule is CC1(C)CC(Oc2cncc(C#CCO)c2)C(C)(C)O1. The van der Waals surface area contributed by atoms with E-state index in [0.717, 1.165) is 12.0 Å². The van der Waals surface area contributed by atoms with Crippen LogP contribution in [0.25, 0.3) is 0 Å². The molecule has 0 radical (unpaired) electrons. The summed E-state index contributed by atoms with van der Waals surface area (Å²) >= 11 is 0. The molecule has 1 aromatic rings. The Labute approximate surface area is 120 Å². The molecule has 1 unspecified atom stereocenters. The van der Waals surface area contributed by atoms with E-state index < -0.39 is 0 Å². The minimum absolute atomic E-state index is 0.0275. The zero-order valence-electron chi connectivity index (χ0n) is 12.4. The summed E-state index contributed by atoms with van der Waals surface area (Å²) in [6.45, 7) is 8.05. The van der Waals surface area contributed by atoms with Crippen molar-refractivity contribution in [2.75, 3.05) is 6.61 Å². The Balaban J connectivity index is 2.14. The zero-order valence-corrected chi connectivity index (χ0v) is 12.4. The molecule has 1 N–H and O–H groups in total. The molecule has 108 valence electrons. The molecule has 0 aliphatic carbocycles. The van der Waals surface area contributed by atoms with Crippen molar-refractivity contribution in [2.45, 2.75) is 51.4 Å². The van der Waals surface area contributed by atoms with Crippen molar-refractivity contribution in [3.05, 3.63) is 24.0 Å². The van der Waals surface area contributed by atoms with Crippen molar-refractivity contribution >= 4 is 0 Å². The number of rotatable bonds is 2. The molecule has 4 nitrogen and oxygen atoms in total. The fraction of sp³-hybridized carbons (Fsp3) is 0.562. The molecule has 1 atom stereocenters. The number of aliphatic hydroxyl groups excluding tert-OH is 1. The maximum atomic E-state index is 8.71. The van der Waals surface area contributed by atoms with Gasteiger partial charge < -0.3 is 14.6 Å². The predicted octanol–water partition coefficient (Wildman–Crippen LogP) is 2.15. The van der Waals surface area contributed by atoms with E-state index in [4.69, 9.17) is 14.6 Å². The number of aliphatic hydroxyl groups is 1. The summed E-state index contributed by atoms with van der Waals surface area (Å²) in [6.07, 6.45) is 4.12. The van der Waals surface area contributed by atoms with Crippen molar-refractivity contribution in [3.63, 3.8) is 0 Å². The van der Waals surface area contributed by atoms with Gasteiger partial charge in [0.15, 0.2) is 0 Å². The van der Waals surface area contributed by atoms with Crippen molar-refractivity contribution in [2.24, 2.45) is 0 Å². The normalized spacial score (nSPS) is 22.9. The molecule has 1 aromatic heterocycles. The highest BCUT2D eigenvalue weighted by atomic mass is 16.6. The van der Waals surface area contributed by atoms with Gasteiger partial charge in [-0.1, -0.05) is 11.8 Å². The Morgan fingerprint density at radius 3 is 2.75 bits per heavy atom. The zero-order chi connectivity index (χ0) is 14.8. The Morgan fingerprint density at radius 2 is 2.15 bits per heavy atom. The van der Waals surface area contributed by atoms with Gasteiger partial charge in [-0.05, 0) is 33.8 Å². The van der Waals surface area contributed by atoms with Gasteiger partial charge >= 0.3 is 0 Å². The van der Waals surface area contributed by atoms with E-state index in [2.05, 4.69) is 30.7 Å². The second-order valence-corrected chi connectivity index (χ2v) is 6.15. The van der Waals surface area contributed by atoms with Gasteiger partial charge in [-0.3, -0.25) is 4.98 Å². The minimum Gasteiger partial charge on any atom is -0.486 e. The van der Waals surface area contributed by atoms with Gasteiger partial charge in [0.2, 0.25) is 0 Å². The van der Waals surface area contributed by atoms with Crippen LogP contribution in [0.1, 0.15) is 39.7 Å². The number of aromatic nitrogens is 1. The molecule has 1 saturated heterocycles. The van der Waals surface area contributed by atoms with Gasteiger partial charge in [0.05, 0.1) is 11.8 Å². The first-order valence-corrected chi connectivity index (χ1v) is 6.74. The van der Waals surface area contributed by atoms with Gasteiger partial charge in [0.25, 0.3) is 0 Å². The molecule has 1 aliphatic heterocycles. The van der Waals surface area contributed by atoms with Crippen molar-refractivity contribution in [3.8, 4) is 17.6 Å². The molecule has 0 amide bonds. The van der Waals surface area contributed by atoms with Gasteiger partial charge in [-0.2, -0.15) is 0 Å². The summed E-state index contributed by atoms with van der Waals surface area (Å²) in [6, 6.07) is 1.83. The lowest BCUT2D eigenvalue weighted by molar-refractivity contribution is -0.0846. The first-order valence-electron chi connectivity index (χ1n) is 6.74. The average Bonchev–Trinajstić information content (AvgIpc) is 2.55. The van der Waals surface area contributed by atoms with Crippen LogP contribution in [0, 0.1) is 11.8 Å². The van der Waals surface area contributed by atoms with Crippen molar-refractivity contribution in [1.29, 1.82) is 0 Å². The molecule has 0 aromatic carbocycles. The highest BCUT2D eigenvalue weighted by Crippen LogP contribution is 2.39. The maximum absolute atomic E-state index is 8.71. The largest absolute Gasteiger partial charge is 0.486 e. The van der Waals surface area contributed by atoms with Crippen LogP contribution in [0.5, 0.6) is 5.75 Å². The van der Waals surface area contributed by atoms with E-state index in [1.165, 1.54) is 0 Å². The summed E-state index contributed by atoms with van der Waals surface area (Å²) < 4.78 is 12.0. The van der Waals surface area contributed by atoms with Crippen LogP contribution >= 0.6 is 0 Å². The summed E-state index contributed by atoms with van der Waals surface area (Å²) in [5.41, 5.74) is 0.208.